The normalized spacial score (nSPS) is 10.6. The molecule has 30 heavy (non-hydrogen) atoms. The molecule has 0 aliphatic rings. The lowest BCUT2D eigenvalue weighted by Gasteiger charge is -2.11. The largest absolute Gasteiger partial charge is 0.494 e. The summed E-state index contributed by atoms with van der Waals surface area (Å²) < 4.78 is 13.3. The third kappa shape index (κ3) is 5.44. The Balaban J connectivity index is 1.62. The Hall–Kier alpha value is -3.20. The highest BCUT2D eigenvalue weighted by molar-refractivity contribution is 7.71. The second-order valence-corrected chi connectivity index (χ2v) is 6.78. The summed E-state index contributed by atoms with van der Waals surface area (Å²) in [5, 5.41) is 10.0. The number of amides is 1. The summed E-state index contributed by atoms with van der Waals surface area (Å²) in [4.78, 5) is 16.6. The van der Waals surface area contributed by atoms with Gasteiger partial charge in [-0.05, 0) is 56.4 Å². The van der Waals surface area contributed by atoms with Crippen LogP contribution in [0.15, 0.2) is 42.6 Å². The molecule has 0 aliphatic heterocycles. The van der Waals surface area contributed by atoms with E-state index in [2.05, 4.69) is 20.5 Å². The van der Waals surface area contributed by atoms with E-state index in [0.29, 0.717) is 42.8 Å². The Morgan fingerprint density at radius 3 is 2.67 bits per heavy atom. The predicted molar refractivity (Wildman–Crippen MR) is 116 cm³/mol. The summed E-state index contributed by atoms with van der Waals surface area (Å²) in [5.74, 6) is 1.92. The maximum Gasteiger partial charge on any atom is 0.222 e. The molecule has 2 N–H and O–H groups in total. The third-order valence-corrected chi connectivity index (χ3v) is 4.66. The zero-order chi connectivity index (χ0) is 21.3. The fourth-order valence-corrected chi connectivity index (χ4v) is 3.16. The number of aromatic nitrogens is 4. The molecule has 0 saturated carbocycles. The first kappa shape index (κ1) is 21.5. The van der Waals surface area contributed by atoms with Crippen molar-refractivity contribution in [1.82, 2.24) is 25.1 Å². The Kier molecular flexibility index (Phi) is 7.56. The summed E-state index contributed by atoms with van der Waals surface area (Å²) in [7, 11) is 0. The molecule has 0 radical (unpaired) electrons. The number of carbonyl (C=O) groups is 1. The SMILES string of the molecule is CCOc1ccc(-c2n[nH]c(=S)n2CCC(=O)NCc2cccnc2OCC)cc1. The van der Waals surface area contributed by atoms with E-state index in [4.69, 9.17) is 21.7 Å². The summed E-state index contributed by atoms with van der Waals surface area (Å²) in [6, 6.07) is 11.3. The number of aromatic amines is 1. The van der Waals surface area contributed by atoms with Crippen LogP contribution >= 0.6 is 12.2 Å². The average molecular weight is 428 g/mol. The van der Waals surface area contributed by atoms with Crippen LogP contribution < -0.4 is 14.8 Å². The van der Waals surface area contributed by atoms with E-state index in [1.807, 2.05) is 54.8 Å². The monoisotopic (exact) mass is 427 g/mol. The number of H-pyrrole nitrogens is 1. The van der Waals surface area contributed by atoms with Crippen molar-refractivity contribution in [2.75, 3.05) is 13.2 Å². The number of nitrogens with one attached hydrogen (secondary N) is 2. The van der Waals surface area contributed by atoms with Gasteiger partial charge in [0.2, 0.25) is 11.8 Å². The molecule has 0 spiro atoms. The topological polar surface area (TPSA) is 94.1 Å². The van der Waals surface area contributed by atoms with Crippen molar-refractivity contribution in [2.24, 2.45) is 0 Å². The molecule has 8 nitrogen and oxygen atoms in total. The van der Waals surface area contributed by atoms with Gasteiger partial charge < -0.3 is 14.8 Å². The van der Waals surface area contributed by atoms with Crippen LogP contribution in [-0.2, 0) is 17.9 Å². The first-order valence-electron chi connectivity index (χ1n) is 9.84. The Morgan fingerprint density at radius 1 is 1.17 bits per heavy atom. The van der Waals surface area contributed by atoms with E-state index >= 15 is 0 Å². The molecule has 3 aromatic rings. The minimum atomic E-state index is -0.0953. The van der Waals surface area contributed by atoms with E-state index in [0.717, 1.165) is 16.9 Å². The lowest BCUT2D eigenvalue weighted by atomic mass is 10.2. The lowest BCUT2D eigenvalue weighted by molar-refractivity contribution is -0.121. The molecule has 0 unspecified atom stereocenters. The van der Waals surface area contributed by atoms with Gasteiger partial charge in [0, 0.05) is 36.8 Å². The molecule has 0 atom stereocenters. The minimum absolute atomic E-state index is 0.0953. The van der Waals surface area contributed by atoms with Crippen LogP contribution in [-0.4, -0.2) is 38.9 Å². The van der Waals surface area contributed by atoms with Gasteiger partial charge >= 0.3 is 0 Å². The zero-order valence-corrected chi connectivity index (χ0v) is 17.9. The first-order valence-corrected chi connectivity index (χ1v) is 10.2. The van der Waals surface area contributed by atoms with E-state index in [9.17, 15) is 4.79 Å². The van der Waals surface area contributed by atoms with Crippen molar-refractivity contribution in [3.05, 3.63) is 52.9 Å². The van der Waals surface area contributed by atoms with Crippen molar-refractivity contribution in [1.29, 1.82) is 0 Å². The smallest absolute Gasteiger partial charge is 0.222 e. The Bertz CT molecular complexity index is 1030. The van der Waals surface area contributed by atoms with E-state index in [1.165, 1.54) is 0 Å². The molecular formula is C21H25N5O3S. The number of hydrogen-bond acceptors (Lipinski definition) is 6. The van der Waals surface area contributed by atoms with E-state index in [-0.39, 0.29) is 12.3 Å². The second-order valence-electron chi connectivity index (χ2n) is 6.39. The van der Waals surface area contributed by atoms with Crippen molar-refractivity contribution in [2.45, 2.75) is 33.4 Å². The third-order valence-electron chi connectivity index (χ3n) is 4.35. The molecule has 0 saturated heterocycles. The van der Waals surface area contributed by atoms with Gasteiger partial charge in [0.15, 0.2) is 10.6 Å². The standard InChI is InChI=1S/C21H25N5O3S/c1-3-28-17-9-7-15(8-10-17)19-24-25-21(30)26(19)13-11-18(27)23-14-16-6-5-12-22-20(16)29-4-2/h5-10,12H,3-4,11,13-14H2,1-2H3,(H,23,27)(H,25,30). The Morgan fingerprint density at radius 2 is 1.93 bits per heavy atom. The number of nitrogens with zero attached hydrogens (tertiary/aromatic N) is 3. The number of ether oxygens (including phenoxy) is 2. The van der Waals surface area contributed by atoms with Crippen LogP contribution in [0.1, 0.15) is 25.8 Å². The van der Waals surface area contributed by atoms with Gasteiger partial charge in [-0.15, -0.1) is 0 Å². The molecule has 2 aromatic heterocycles. The first-order chi connectivity index (χ1) is 14.6. The van der Waals surface area contributed by atoms with Crippen LogP contribution in [0.4, 0.5) is 0 Å². The number of pyridine rings is 1. The average Bonchev–Trinajstić information content (AvgIpc) is 3.13. The lowest BCUT2D eigenvalue weighted by Crippen LogP contribution is -2.24. The molecule has 0 bridgehead atoms. The molecule has 3 rings (SSSR count). The van der Waals surface area contributed by atoms with Gasteiger partial charge in [-0.25, -0.2) is 4.98 Å². The molecular weight excluding hydrogens is 402 g/mol. The number of carbonyl (C=O) groups excluding carboxylic acids is 1. The minimum Gasteiger partial charge on any atom is -0.494 e. The second kappa shape index (κ2) is 10.5. The van der Waals surface area contributed by atoms with Crippen LogP contribution in [0.3, 0.4) is 0 Å². The van der Waals surface area contributed by atoms with Crippen molar-refractivity contribution in [3.63, 3.8) is 0 Å². The summed E-state index contributed by atoms with van der Waals surface area (Å²) >= 11 is 5.34. The van der Waals surface area contributed by atoms with E-state index < -0.39 is 0 Å². The zero-order valence-electron chi connectivity index (χ0n) is 17.1. The van der Waals surface area contributed by atoms with Gasteiger partial charge in [0.1, 0.15) is 5.75 Å². The van der Waals surface area contributed by atoms with Crippen LogP contribution in [0.2, 0.25) is 0 Å². The fourth-order valence-electron chi connectivity index (χ4n) is 2.93. The summed E-state index contributed by atoms with van der Waals surface area (Å²) in [6.07, 6.45) is 1.93. The quantitative estimate of drug-likeness (QED) is 0.481. The maximum absolute atomic E-state index is 12.4. The number of benzene rings is 1. The predicted octanol–water partition coefficient (Wildman–Crippen LogP) is 3.51. The van der Waals surface area contributed by atoms with E-state index in [1.54, 1.807) is 6.20 Å². The van der Waals surface area contributed by atoms with Gasteiger partial charge in [-0.3, -0.25) is 14.5 Å². The van der Waals surface area contributed by atoms with Crippen LogP contribution in [0.25, 0.3) is 11.4 Å². The highest BCUT2D eigenvalue weighted by Crippen LogP contribution is 2.21. The van der Waals surface area contributed by atoms with Gasteiger partial charge in [-0.2, -0.15) is 5.10 Å². The summed E-state index contributed by atoms with van der Waals surface area (Å²) in [5.41, 5.74) is 1.73. The van der Waals surface area contributed by atoms with Crippen molar-refractivity contribution in [3.8, 4) is 23.0 Å². The number of hydrogen-bond donors (Lipinski definition) is 2. The van der Waals surface area contributed by atoms with Crippen molar-refractivity contribution >= 4 is 18.1 Å². The Labute approximate surface area is 180 Å². The molecule has 9 heteroatoms. The molecule has 0 fully saturated rings. The molecule has 2 heterocycles. The molecule has 0 aliphatic carbocycles. The number of rotatable bonds is 10. The highest BCUT2D eigenvalue weighted by Gasteiger charge is 2.12. The van der Waals surface area contributed by atoms with Crippen LogP contribution in [0, 0.1) is 4.77 Å². The van der Waals surface area contributed by atoms with Gasteiger partial charge in [0.05, 0.1) is 13.2 Å². The van der Waals surface area contributed by atoms with Gasteiger partial charge in [0.25, 0.3) is 0 Å². The summed E-state index contributed by atoms with van der Waals surface area (Å²) in [6.45, 7) is 5.73. The van der Waals surface area contributed by atoms with Crippen LogP contribution in [0.5, 0.6) is 11.6 Å². The molecule has 158 valence electrons. The molecule has 1 aromatic carbocycles. The fraction of sp³-hybridized carbons (Fsp3) is 0.333. The van der Waals surface area contributed by atoms with Crippen molar-refractivity contribution < 1.29 is 14.3 Å². The maximum atomic E-state index is 12.4. The van der Waals surface area contributed by atoms with Gasteiger partial charge in [-0.1, -0.05) is 6.07 Å². The highest BCUT2D eigenvalue weighted by atomic mass is 32.1. The molecule has 1 amide bonds.